The lowest BCUT2D eigenvalue weighted by atomic mass is 9.89. The topological polar surface area (TPSA) is 92.8 Å². The van der Waals surface area contributed by atoms with Crippen molar-refractivity contribution in [3.05, 3.63) is 70.2 Å². The first-order valence-electron chi connectivity index (χ1n) is 13.4. The predicted molar refractivity (Wildman–Crippen MR) is 160 cm³/mol. The summed E-state index contributed by atoms with van der Waals surface area (Å²) < 4.78 is 34.0. The number of esters is 1. The van der Waals surface area contributed by atoms with Gasteiger partial charge >= 0.3 is 5.97 Å². The van der Waals surface area contributed by atoms with Crippen LogP contribution in [0.1, 0.15) is 63.2 Å². The number of halogens is 2. The van der Waals surface area contributed by atoms with Gasteiger partial charge in [-0.05, 0) is 86.7 Å². The molecule has 1 N–H and O–H groups in total. The van der Waals surface area contributed by atoms with Gasteiger partial charge in [0.15, 0.2) is 0 Å². The van der Waals surface area contributed by atoms with Crippen LogP contribution < -0.4 is 9.62 Å². The minimum Gasteiger partial charge on any atom is -0.459 e. The number of amides is 1. The first kappa shape index (κ1) is 30.2. The monoisotopic (exact) mass is 604 g/mol. The first-order valence-corrected chi connectivity index (χ1v) is 15.5. The number of hydrogen-bond acceptors (Lipinski definition) is 5. The van der Waals surface area contributed by atoms with E-state index >= 15 is 0 Å². The molecule has 0 spiro atoms. The Balaban J connectivity index is 1.69. The highest BCUT2D eigenvalue weighted by molar-refractivity contribution is 7.92. The Morgan fingerprint density at radius 1 is 0.975 bits per heavy atom. The van der Waals surface area contributed by atoms with E-state index in [-0.39, 0.29) is 26.5 Å². The molecule has 7 nitrogen and oxygen atoms in total. The van der Waals surface area contributed by atoms with Crippen molar-refractivity contribution in [2.45, 2.75) is 63.4 Å². The first-order chi connectivity index (χ1) is 18.8. The lowest BCUT2D eigenvalue weighted by molar-refractivity contribution is -0.152. The molecule has 0 bridgehead atoms. The second-order valence-electron chi connectivity index (χ2n) is 11.1. The molecular weight excluding hydrogens is 571 g/mol. The van der Waals surface area contributed by atoms with E-state index in [2.05, 4.69) is 5.32 Å². The van der Waals surface area contributed by atoms with E-state index in [0.29, 0.717) is 28.8 Å². The van der Waals surface area contributed by atoms with E-state index in [1.807, 2.05) is 0 Å². The van der Waals surface area contributed by atoms with Crippen molar-refractivity contribution in [3.63, 3.8) is 0 Å². The Hall–Kier alpha value is -2.81. The zero-order valence-corrected chi connectivity index (χ0v) is 25.2. The van der Waals surface area contributed by atoms with Gasteiger partial charge in [0.2, 0.25) is 0 Å². The molecule has 0 aliphatic heterocycles. The molecule has 0 heterocycles. The minimum atomic E-state index is -4.28. The molecule has 3 aromatic carbocycles. The van der Waals surface area contributed by atoms with Crippen molar-refractivity contribution >= 4 is 61.6 Å². The Kier molecular flexibility index (Phi) is 9.33. The summed E-state index contributed by atoms with van der Waals surface area (Å²) in [4.78, 5) is 25.8. The summed E-state index contributed by atoms with van der Waals surface area (Å²) in [5, 5.41) is 4.68. The molecule has 0 radical (unpaired) electrons. The molecule has 0 unspecified atom stereocenters. The summed E-state index contributed by atoms with van der Waals surface area (Å²) in [7, 11) is -4.28. The smallest absolute Gasteiger partial charge is 0.327 e. The largest absolute Gasteiger partial charge is 0.459 e. The summed E-state index contributed by atoms with van der Waals surface area (Å²) in [5.74, 6) is -0.401. The summed E-state index contributed by atoms with van der Waals surface area (Å²) in [6, 6.07) is 14.2. The molecule has 10 heteroatoms. The van der Waals surface area contributed by atoms with Gasteiger partial charge in [-0.25, -0.2) is 8.42 Å². The number of ether oxygens (including phenoxy) is 1. The van der Waals surface area contributed by atoms with Gasteiger partial charge in [0.05, 0.1) is 10.6 Å². The van der Waals surface area contributed by atoms with Crippen LogP contribution in [0, 0.1) is 5.92 Å². The molecular formula is C30H34Cl2N2O5S. The Morgan fingerprint density at radius 3 is 2.30 bits per heavy atom. The van der Waals surface area contributed by atoms with Gasteiger partial charge in [0, 0.05) is 22.2 Å². The number of hydrogen-bond donors (Lipinski definition) is 1. The molecule has 1 aliphatic rings. The van der Waals surface area contributed by atoms with Crippen LogP contribution in [0.5, 0.6) is 0 Å². The third kappa shape index (κ3) is 7.47. The standard InChI is InChI=1S/C30H34Cl2N2O5S/c1-30(2,3)39-28(35)19-34(40(37,38)25-16-22(31)15-23(32)17-25)24-12-13-26-21(14-24)10-7-11-27(26)29(36)33-18-20-8-5-4-6-9-20/h7,10-17,20H,4-6,8-9,18-19H2,1-3H3,(H,33,36). The number of fused-ring (bicyclic) bond motifs is 1. The number of sulfonamides is 1. The average Bonchev–Trinajstić information content (AvgIpc) is 2.88. The number of nitrogens with zero attached hydrogens (tertiary/aromatic N) is 1. The number of anilines is 1. The molecule has 1 amide bonds. The number of carbonyl (C=O) groups is 2. The molecule has 0 aromatic heterocycles. The molecule has 1 aliphatic carbocycles. The second-order valence-corrected chi connectivity index (χ2v) is 13.9. The Bertz CT molecular complexity index is 1490. The predicted octanol–water partition coefficient (Wildman–Crippen LogP) is 6.99. The van der Waals surface area contributed by atoms with E-state index in [0.717, 1.165) is 17.1 Å². The van der Waals surface area contributed by atoms with E-state index in [1.54, 1.807) is 57.2 Å². The molecule has 0 atom stereocenters. The maximum atomic E-state index is 13.8. The maximum absolute atomic E-state index is 13.8. The normalized spacial score (nSPS) is 14.6. The van der Waals surface area contributed by atoms with Crippen molar-refractivity contribution in [1.29, 1.82) is 0 Å². The highest BCUT2D eigenvalue weighted by Crippen LogP contribution is 2.31. The summed E-state index contributed by atoms with van der Waals surface area (Å²) in [5.41, 5.74) is -0.0768. The molecule has 214 valence electrons. The Morgan fingerprint density at radius 2 is 1.65 bits per heavy atom. The van der Waals surface area contributed by atoms with Crippen molar-refractivity contribution in [1.82, 2.24) is 5.32 Å². The molecule has 40 heavy (non-hydrogen) atoms. The lowest BCUT2D eigenvalue weighted by Crippen LogP contribution is -2.39. The Labute approximate surface area is 245 Å². The van der Waals surface area contributed by atoms with Crippen LogP contribution in [-0.2, 0) is 19.6 Å². The molecule has 1 fully saturated rings. The fraction of sp³-hybridized carbons (Fsp3) is 0.400. The van der Waals surface area contributed by atoms with Crippen LogP contribution in [0.4, 0.5) is 5.69 Å². The fourth-order valence-electron chi connectivity index (χ4n) is 4.96. The van der Waals surface area contributed by atoms with Gasteiger partial charge in [-0.3, -0.25) is 13.9 Å². The third-order valence-electron chi connectivity index (χ3n) is 6.79. The van der Waals surface area contributed by atoms with Gasteiger partial charge < -0.3 is 10.1 Å². The van der Waals surface area contributed by atoms with Crippen molar-refractivity contribution in [2.75, 3.05) is 17.4 Å². The fourth-order valence-corrected chi connectivity index (χ4v) is 7.09. The van der Waals surface area contributed by atoms with Gasteiger partial charge in [-0.15, -0.1) is 0 Å². The van der Waals surface area contributed by atoms with Crippen molar-refractivity contribution in [3.8, 4) is 0 Å². The highest BCUT2D eigenvalue weighted by Gasteiger charge is 2.30. The number of nitrogens with one attached hydrogen (secondary N) is 1. The van der Waals surface area contributed by atoms with Gasteiger partial charge in [0.1, 0.15) is 12.1 Å². The summed E-state index contributed by atoms with van der Waals surface area (Å²) in [6.07, 6.45) is 5.89. The quantitative estimate of drug-likeness (QED) is 0.280. The van der Waals surface area contributed by atoms with Gasteiger partial charge in [-0.2, -0.15) is 0 Å². The van der Waals surface area contributed by atoms with Gasteiger partial charge in [0.25, 0.3) is 15.9 Å². The van der Waals surface area contributed by atoms with Crippen LogP contribution in [0.25, 0.3) is 10.8 Å². The van der Waals surface area contributed by atoms with Gasteiger partial charge in [-0.1, -0.05) is 60.7 Å². The lowest BCUT2D eigenvalue weighted by Gasteiger charge is -2.27. The van der Waals surface area contributed by atoms with Crippen LogP contribution >= 0.6 is 23.2 Å². The summed E-state index contributed by atoms with van der Waals surface area (Å²) >= 11 is 12.2. The summed E-state index contributed by atoms with van der Waals surface area (Å²) in [6.45, 7) is 5.18. The van der Waals surface area contributed by atoms with E-state index in [4.69, 9.17) is 27.9 Å². The number of rotatable bonds is 8. The maximum Gasteiger partial charge on any atom is 0.327 e. The molecule has 1 saturated carbocycles. The zero-order valence-electron chi connectivity index (χ0n) is 22.9. The SMILES string of the molecule is CC(C)(C)OC(=O)CN(c1ccc2c(C(=O)NCC3CCCCC3)cccc2c1)S(=O)(=O)c1cc(Cl)cc(Cl)c1. The van der Waals surface area contributed by atoms with Crippen LogP contribution in [-0.4, -0.2) is 39.0 Å². The van der Waals surface area contributed by atoms with Crippen LogP contribution in [0.3, 0.4) is 0 Å². The third-order valence-corrected chi connectivity index (χ3v) is 8.98. The number of carbonyl (C=O) groups excluding carboxylic acids is 2. The van der Waals surface area contributed by atoms with Crippen LogP contribution in [0.15, 0.2) is 59.5 Å². The zero-order chi connectivity index (χ0) is 29.1. The van der Waals surface area contributed by atoms with E-state index in [1.165, 1.54) is 37.5 Å². The molecule has 0 saturated heterocycles. The van der Waals surface area contributed by atoms with E-state index in [9.17, 15) is 18.0 Å². The van der Waals surface area contributed by atoms with Crippen molar-refractivity contribution < 1.29 is 22.7 Å². The van der Waals surface area contributed by atoms with E-state index < -0.39 is 28.1 Å². The van der Waals surface area contributed by atoms with Crippen LogP contribution in [0.2, 0.25) is 10.0 Å². The minimum absolute atomic E-state index is 0.144. The second kappa shape index (κ2) is 12.4. The molecule has 3 aromatic rings. The average molecular weight is 606 g/mol. The molecule has 4 rings (SSSR count). The number of benzene rings is 3. The van der Waals surface area contributed by atoms with Crippen molar-refractivity contribution in [2.24, 2.45) is 5.92 Å². The highest BCUT2D eigenvalue weighted by atomic mass is 35.5.